The van der Waals surface area contributed by atoms with Gasteiger partial charge in [0, 0.05) is 19.9 Å². The average Bonchev–Trinajstić information content (AvgIpc) is 2.46. The van der Waals surface area contributed by atoms with Gasteiger partial charge in [0.25, 0.3) is 0 Å². The normalized spacial score (nSPS) is 11.6. The van der Waals surface area contributed by atoms with Gasteiger partial charge in [-0.3, -0.25) is 4.79 Å². The zero-order valence-electron chi connectivity index (χ0n) is 11.7. The maximum absolute atomic E-state index is 11.7. The Kier molecular flexibility index (Phi) is 6.38. The summed E-state index contributed by atoms with van der Waals surface area (Å²) in [6, 6.07) is 1.05. The predicted octanol–water partition coefficient (Wildman–Crippen LogP) is -0.174. The van der Waals surface area contributed by atoms with Crippen molar-refractivity contribution >= 4 is 17.7 Å². The van der Waals surface area contributed by atoms with Crippen molar-refractivity contribution in [2.75, 3.05) is 32.7 Å². The minimum atomic E-state index is -0.633. The van der Waals surface area contributed by atoms with Crippen molar-refractivity contribution in [2.45, 2.75) is 13.0 Å². The lowest BCUT2D eigenvalue weighted by Gasteiger charge is -2.14. The average molecular weight is 282 g/mol. The summed E-state index contributed by atoms with van der Waals surface area (Å²) in [5, 5.41) is 5.57. The van der Waals surface area contributed by atoms with Gasteiger partial charge in [0.05, 0.1) is 13.7 Å². The van der Waals surface area contributed by atoms with Crippen LogP contribution in [-0.4, -0.2) is 55.3 Å². The number of aromatic nitrogens is 2. The molecule has 0 spiro atoms. The number of carbonyl (C=O) groups excluding carboxylic acids is 2. The largest absolute Gasteiger partial charge is 0.463 e. The number of ether oxygens (including phenoxy) is 2. The molecule has 1 aromatic heterocycles. The molecule has 110 valence electrons. The van der Waals surface area contributed by atoms with Crippen LogP contribution in [0.5, 0.6) is 0 Å². The highest BCUT2D eigenvalue weighted by Crippen LogP contribution is 2.05. The molecular formula is C12H18N4O4. The first-order chi connectivity index (χ1) is 9.58. The van der Waals surface area contributed by atoms with E-state index >= 15 is 0 Å². The lowest BCUT2D eigenvalue weighted by molar-refractivity contribution is -0.121. The van der Waals surface area contributed by atoms with Gasteiger partial charge >= 0.3 is 5.97 Å². The first-order valence-electron chi connectivity index (χ1n) is 6.03. The zero-order chi connectivity index (χ0) is 15.0. The first-order valence-corrected chi connectivity index (χ1v) is 6.03. The summed E-state index contributed by atoms with van der Waals surface area (Å²) in [6.45, 7) is 2.55. The number of amides is 1. The van der Waals surface area contributed by atoms with Crippen molar-refractivity contribution in [1.29, 1.82) is 0 Å². The molecule has 0 fully saturated rings. The van der Waals surface area contributed by atoms with Gasteiger partial charge in [0.15, 0.2) is 0 Å². The Morgan fingerprint density at radius 2 is 2.15 bits per heavy atom. The summed E-state index contributed by atoms with van der Waals surface area (Å²) in [5.74, 6) is -0.523. The quantitative estimate of drug-likeness (QED) is 0.528. The van der Waals surface area contributed by atoms with E-state index in [0.29, 0.717) is 19.0 Å². The molecule has 8 nitrogen and oxygen atoms in total. The second kappa shape index (κ2) is 8.05. The predicted molar refractivity (Wildman–Crippen MR) is 71.3 cm³/mol. The number of hydrogen-bond donors (Lipinski definition) is 2. The maximum Gasteiger partial charge on any atom is 0.376 e. The van der Waals surface area contributed by atoms with E-state index in [-0.39, 0.29) is 11.7 Å². The van der Waals surface area contributed by atoms with Crippen LogP contribution in [0.25, 0.3) is 0 Å². The minimum absolute atomic E-state index is 0.0653. The van der Waals surface area contributed by atoms with Gasteiger partial charge in [0.1, 0.15) is 11.9 Å². The van der Waals surface area contributed by atoms with Crippen molar-refractivity contribution in [2.24, 2.45) is 0 Å². The lowest BCUT2D eigenvalue weighted by Crippen LogP contribution is -2.39. The van der Waals surface area contributed by atoms with Crippen LogP contribution < -0.4 is 10.6 Å². The standard InChI is InChI=1S/C12H18N4O4/c1-8(11(17)14-6-7-19-2)15-9-4-5-13-10(16-9)12(18)20-3/h4-5,8H,6-7H2,1-3H3,(H,14,17)(H,13,15,16). The molecule has 1 atom stereocenters. The van der Waals surface area contributed by atoms with E-state index in [9.17, 15) is 9.59 Å². The molecule has 2 N–H and O–H groups in total. The smallest absolute Gasteiger partial charge is 0.376 e. The third-order valence-corrected chi connectivity index (χ3v) is 2.39. The van der Waals surface area contributed by atoms with Gasteiger partial charge in [-0.25, -0.2) is 14.8 Å². The summed E-state index contributed by atoms with van der Waals surface area (Å²) in [5.41, 5.74) is 0. The van der Waals surface area contributed by atoms with E-state index in [1.807, 2.05) is 0 Å². The van der Waals surface area contributed by atoms with Crippen LogP contribution >= 0.6 is 0 Å². The Morgan fingerprint density at radius 1 is 1.40 bits per heavy atom. The van der Waals surface area contributed by atoms with Crippen molar-refractivity contribution in [3.8, 4) is 0 Å². The number of anilines is 1. The third-order valence-electron chi connectivity index (χ3n) is 2.39. The molecule has 0 bridgehead atoms. The number of nitrogens with one attached hydrogen (secondary N) is 2. The Morgan fingerprint density at radius 3 is 2.80 bits per heavy atom. The number of rotatable bonds is 7. The van der Waals surface area contributed by atoms with Gasteiger partial charge in [-0.05, 0) is 13.0 Å². The molecular weight excluding hydrogens is 264 g/mol. The van der Waals surface area contributed by atoms with Crippen LogP contribution in [0, 0.1) is 0 Å². The molecule has 1 unspecified atom stereocenters. The van der Waals surface area contributed by atoms with Crippen LogP contribution in [0.15, 0.2) is 12.3 Å². The molecule has 0 saturated carbocycles. The fraction of sp³-hybridized carbons (Fsp3) is 0.500. The van der Waals surface area contributed by atoms with Crippen molar-refractivity contribution in [3.63, 3.8) is 0 Å². The molecule has 0 aliphatic rings. The van der Waals surface area contributed by atoms with Crippen LogP contribution in [0.2, 0.25) is 0 Å². The monoisotopic (exact) mass is 282 g/mol. The molecule has 1 amide bonds. The van der Waals surface area contributed by atoms with Crippen LogP contribution in [0.4, 0.5) is 5.82 Å². The molecule has 1 heterocycles. The van der Waals surface area contributed by atoms with Crippen molar-refractivity contribution in [1.82, 2.24) is 15.3 Å². The van der Waals surface area contributed by atoms with Gasteiger partial charge < -0.3 is 20.1 Å². The number of hydrogen-bond acceptors (Lipinski definition) is 7. The van der Waals surface area contributed by atoms with Crippen LogP contribution in [0.1, 0.15) is 17.5 Å². The highest BCUT2D eigenvalue weighted by Gasteiger charge is 2.14. The topological polar surface area (TPSA) is 102 Å². The molecule has 0 saturated heterocycles. The molecule has 20 heavy (non-hydrogen) atoms. The van der Waals surface area contributed by atoms with E-state index in [1.165, 1.54) is 13.3 Å². The van der Waals surface area contributed by atoms with E-state index < -0.39 is 12.0 Å². The van der Waals surface area contributed by atoms with Gasteiger partial charge in [-0.2, -0.15) is 0 Å². The van der Waals surface area contributed by atoms with E-state index in [0.717, 1.165) is 0 Å². The Balaban J connectivity index is 2.59. The summed E-state index contributed by atoms with van der Waals surface area (Å²) >= 11 is 0. The van der Waals surface area contributed by atoms with Gasteiger partial charge in [0.2, 0.25) is 11.7 Å². The maximum atomic E-state index is 11.7. The number of nitrogens with zero attached hydrogens (tertiary/aromatic N) is 2. The molecule has 1 rings (SSSR count). The number of esters is 1. The molecule has 0 radical (unpaired) electrons. The second-order valence-electron chi connectivity index (χ2n) is 3.91. The second-order valence-corrected chi connectivity index (χ2v) is 3.91. The Bertz CT molecular complexity index is 467. The lowest BCUT2D eigenvalue weighted by atomic mass is 10.3. The Labute approximate surface area is 116 Å². The van der Waals surface area contributed by atoms with E-state index in [4.69, 9.17) is 4.74 Å². The summed E-state index contributed by atoms with van der Waals surface area (Å²) in [4.78, 5) is 30.8. The minimum Gasteiger partial charge on any atom is -0.463 e. The number of methoxy groups -OCH3 is 2. The fourth-order valence-corrected chi connectivity index (χ4v) is 1.35. The number of carbonyl (C=O) groups is 2. The fourth-order valence-electron chi connectivity index (χ4n) is 1.35. The molecule has 0 aliphatic heterocycles. The highest BCUT2D eigenvalue weighted by molar-refractivity contribution is 5.86. The summed E-state index contributed by atoms with van der Waals surface area (Å²) in [6.07, 6.45) is 1.41. The third kappa shape index (κ3) is 4.81. The summed E-state index contributed by atoms with van der Waals surface area (Å²) < 4.78 is 9.36. The van der Waals surface area contributed by atoms with Crippen molar-refractivity contribution < 1.29 is 19.1 Å². The SMILES string of the molecule is COCCNC(=O)C(C)Nc1ccnc(C(=O)OC)n1. The van der Waals surface area contributed by atoms with Crippen molar-refractivity contribution in [3.05, 3.63) is 18.1 Å². The van der Waals surface area contributed by atoms with E-state index in [1.54, 1.807) is 20.1 Å². The highest BCUT2D eigenvalue weighted by atomic mass is 16.5. The molecule has 1 aromatic rings. The van der Waals surface area contributed by atoms with Crippen LogP contribution in [0.3, 0.4) is 0 Å². The molecule has 8 heteroatoms. The van der Waals surface area contributed by atoms with E-state index in [2.05, 4.69) is 25.3 Å². The molecule has 0 aromatic carbocycles. The van der Waals surface area contributed by atoms with Crippen LogP contribution in [-0.2, 0) is 14.3 Å². The summed E-state index contributed by atoms with van der Waals surface area (Å²) in [7, 11) is 2.81. The van der Waals surface area contributed by atoms with Gasteiger partial charge in [-0.15, -0.1) is 0 Å². The molecule has 0 aliphatic carbocycles. The first kappa shape index (κ1) is 15.8. The van der Waals surface area contributed by atoms with Gasteiger partial charge in [-0.1, -0.05) is 0 Å². The Hall–Kier alpha value is -2.22. The zero-order valence-corrected chi connectivity index (χ0v) is 11.7.